The SMILES string of the molecule is CC1=C(N(C)C(=O)c2ccccc2)/C(=C/N2CCc3ccccc32)CC1.c1ccc2c(c1)CCN2. The van der Waals surface area contributed by atoms with E-state index < -0.39 is 0 Å². The number of nitrogens with zero attached hydrogens (tertiary/aromatic N) is 2. The fourth-order valence-electron chi connectivity index (χ4n) is 5.26. The van der Waals surface area contributed by atoms with Crippen molar-refractivity contribution in [1.82, 2.24) is 4.90 Å². The number of hydrogen-bond acceptors (Lipinski definition) is 3. The summed E-state index contributed by atoms with van der Waals surface area (Å²) in [6.45, 7) is 4.26. The predicted octanol–water partition coefficient (Wildman–Crippen LogP) is 6.43. The van der Waals surface area contributed by atoms with E-state index in [1.54, 1.807) is 0 Å². The second kappa shape index (κ2) is 10.2. The number of hydrogen-bond donors (Lipinski definition) is 1. The van der Waals surface area contributed by atoms with Gasteiger partial charge in [0, 0.05) is 49.0 Å². The monoisotopic (exact) mass is 463 g/mol. The molecular formula is C31H33N3O. The first kappa shape index (κ1) is 23.0. The quantitative estimate of drug-likeness (QED) is 0.486. The Labute approximate surface area is 208 Å². The molecule has 2 heterocycles. The molecule has 4 heteroatoms. The van der Waals surface area contributed by atoms with Crippen LogP contribution in [0.15, 0.2) is 102 Å². The van der Waals surface area contributed by atoms with Crippen LogP contribution in [0.3, 0.4) is 0 Å². The van der Waals surface area contributed by atoms with E-state index in [1.807, 2.05) is 42.3 Å². The molecular weight excluding hydrogens is 430 g/mol. The Morgan fingerprint density at radius 3 is 2.37 bits per heavy atom. The average Bonchev–Trinajstić information content (AvgIpc) is 3.63. The lowest BCUT2D eigenvalue weighted by Crippen LogP contribution is -2.27. The van der Waals surface area contributed by atoms with Crippen LogP contribution < -0.4 is 10.2 Å². The fourth-order valence-corrected chi connectivity index (χ4v) is 5.26. The van der Waals surface area contributed by atoms with Crippen LogP contribution in [0.5, 0.6) is 0 Å². The van der Waals surface area contributed by atoms with Crippen LogP contribution in [0, 0.1) is 0 Å². The van der Waals surface area contributed by atoms with Crippen LogP contribution in [0.1, 0.15) is 41.3 Å². The number of anilines is 2. The van der Waals surface area contributed by atoms with E-state index in [-0.39, 0.29) is 5.91 Å². The lowest BCUT2D eigenvalue weighted by Gasteiger charge is -2.23. The zero-order valence-electron chi connectivity index (χ0n) is 20.6. The smallest absolute Gasteiger partial charge is 0.258 e. The second-order valence-electron chi connectivity index (χ2n) is 9.42. The molecule has 35 heavy (non-hydrogen) atoms. The molecule has 0 saturated heterocycles. The van der Waals surface area contributed by atoms with Gasteiger partial charge in [-0.25, -0.2) is 0 Å². The number of carbonyl (C=O) groups excluding carboxylic acids is 1. The number of likely N-dealkylation sites (N-methyl/N-ethyl adjacent to an activating group) is 1. The highest BCUT2D eigenvalue weighted by molar-refractivity contribution is 5.95. The van der Waals surface area contributed by atoms with E-state index in [0.717, 1.165) is 43.6 Å². The summed E-state index contributed by atoms with van der Waals surface area (Å²) in [6.07, 6.45) is 6.54. The lowest BCUT2D eigenvalue weighted by atomic mass is 10.1. The van der Waals surface area contributed by atoms with E-state index in [4.69, 9.17) is 0 Å². The number of carbonyl (C=O) groups is 1. The maximum Gasteiger partial charge on any atom is 0.258 e. The van der Waals surface area contributed by atoms with E-state index >= 15 is 0 Å². The molecule has 2 aliphatic heterocycles. The molecule has 0 aromatic heterocycles. The fraction of sp³-hybridized carbons (Fsp3) is 0.258. The molecule has 1 N–H and O–H groups in total. The molecule has 4 nitrogen and oxygen atoms in total. The van der Waals surface area contributed by atoms with Gasteiger partial charge in [-0.2, -0.15) is 0 Å². The summed E-state index contributed by atoms with van der Waals surface area (Å²) in [5.41, 5.74) is 9.83. The van der Waals surface area contributed by atoms with E-state index in [9.17, 15) is 4.79 Å². The van der Waals surface area contributed by atoms with Crippen molar-refractivity contribution in [3.63, 3.8) is 0 Å². The predicted molar refractivity (Wildman–Crippen MR) is 145 cm³/mol. The summed E-state index contributed by atoms with van der Waals surface area (Å²) in [6, 6.07) is 26.6. The van der Waals surface area contributed by atoms with Crippen molar-refractivity contribution in [3.05, 3.63) is 119 Å². The van der Waals surface area contributed by atoms with Gasteiger partial charge in [-0.05, 0) is 79.1 Å². The minimum absolute atomic E-state index is 0.0505. The highest BCUT2D eigenvalue weighted by Gasteiger charge is 2.26. The Morgan fingerprint density at radius 1 is 0.857 bits per heavy atom. The van der Waals surface area contributed by atoms with Gasteiger partial charge in [0.2, 0.25) is 0 Å². The standard InChI is InChI=1S/C23H24N2O.C8H9N/c1-17-12-13-20(16-25-15-14-18-8-6-7-11-21(18)25)22(17)24(2)23(26)19-9-4-3-5-10-19;1-2-4-8-7(3-1)5-6-9-8/h3-11,16H,12-15H2,1-2H3;1-4,9H,5-6H2/b20-16+;. The second-order valence-corrected chi connectivity index (χ2v) is 9.42. The number of rotatable bonds is 3. The van der Waals surface area contributed by atoms with Crippen LogP contribution in [0.4, 0.5) is 11.4 Å². The number of para-hydroxylation sites is 2. The van der Waals surface area contributed by atoms with Crippen molar-refractivity contribution in [1.29, 1.82) is 0 Å². The topological polar surface area (TPSA) is 35.6 Å². The highest BCUT2D eigenvalue weighted by atomic mass is 16.2. The lowest BCUT2D eigenvalue weighted by molar-refractivity contribution is 0.0838. The molecule has 6 rings (SSSR count). The van der Waals surface area contributed by atoms with Gasteiger partial charge >= 0.3 is 0 Å². The van der Waals surface area contributed by atoms with E-state index in [2.05, 4.69) is 71.9 Å². The molecule has 0 unspecified atom stereocenters. The van der Waals surface area contributed by atoms with Crippen LogP contribution in [-0.2, 0) is 12.8 Å². The molecule has 0 bridgehead atoms. The molecule has 178 valence electrons. The number of allylic oxidation sites excluding steroid dienone is 2. The van der Waals surface area contributed by atoms with Crippen molar-refractivity contribution in [2.75, 3.05) is 30.4 Å². The van der Waals surface area contributed by atoms with Gasteiger partial charge < -0.3 is 15.1 Å². The van der Waals surface area contributed by atoms with Crippen molar-refractivity contribution in [2.45, 2.75) is 32.6 Å². The van der Waals surface area contributed by atoms with Gasteiger partial charge in [0.1, 0.15) is 0 Å². The largest absolute Gasteiger partial charge is 0.384 e. The van der Waals surface area contributed by atoms with Gasteiger partial charge in [0.15, 0.2) is 0 Å². The van der Waals surface area contributed by atoms with Gasteiger partial charge in [-0.1, -0.05) is 54.6 Å². The Hall–Kier alpha value is -3.79. The number of fused-ring (bicyclic) bond motifs is 2. The summed E-state index contributed by atoms with van der Waals surface area (Å²) in [7, 11) is 1.89. The first-order chi connectivity index (χ1) is 17.1. The van der Waals surface area contributed by atoms with Crippen molar-refractivity contribution < 1.29 is 4.79 Å². The molecule has 0 spiro atoms. The molecule has 1 amide bonds. The molecule has 3 aromatic rings. The van der Waals surface area contributed by atoms with Crippen molar-refractivity contribution in [2.24, 2.45) is 0 Å². The number of nitrogens with one attached hydrogen (secondary N) is 1. The summed E-state index contributed by atoms with van der Waals surface area (Å²) in [5.74, 6) is 0.0505. The molecule has 3 aromatic carbocycles. The summed E-state index contributed by atoms with van der Waals surface area (Å²) >= 11 is 0. The zero-order chi connectivity index (χ0) is 24.2. The van der Waals surface area contributed by atoms with Crippen LogP contribution >= 0.6 is 0 Å². The molecule has 0 atom stereocenters. The molecule has 0 fully saturated rings. The highest BCUT2D eigenvalue weighted by Crippen LogP contribution is 2.36. The number of benzene rings is 3. The minimum atomic E-state index is 0.0505. The van der Waals surface area contributed by atoms with Crippen molar-refractivity contribution >= 4 is 17.3 Å². The third-order valence-electron chi connectivity index (χ3n) is 7.10. The normalized spacial score (nSPS) is 17.0. The zero-order valence-corrected chi connectivity index (χ0v) is 20.6. The molecule has 0 radical (unpaired) electrons. The summed E-state index contributed by atoms with van der Waals surface area (Å²) in [4.78, 5) is 17.1. The summed E-state index contributed by atoms with van der Waals surface area (Å²) < 4.78 is 0. The number of amides is 1. The maximum absolute atomic E-state index is 12.9. The maximum atomic E-state index is 12.9. The van der Waals surface area contributed by atoms with Crippen LogP contribution in [-0.4, -0.2) is 30.9 Å². The summed E-state index contributed by atoms with van der Waals surface area (Å²) in [5, 5.41) is 3.30. The third-order valence-corrected chi connectivity index (χ3v) is 7.10. The molecule has 1 aliphatic carbocycles. The van der Waals surface area contributed by atoms with Gasteiger partial charge in [-0.15, -0.1) is 0 Å². The Bertz CT molecular complexity index is 1250. The Balaban J connectivity index is 0.000000234. The first-order valence-corrected chi connectivity index (χ1v) is 12.5. The van der Waals surface area contributed by atoms with E-state index in [0.29, 0.717) is 0 Å². The van der Waals surface area contributed by atoms with Gasteiger partial charge in [0.25, 0.3) is 5.91 Å². The Kier molecular flexibility index (Phi) is 6.71. The van der Waals surface area contributed by atoms with Crippen molar-refractivity contribution in [3.8, 4) is 0 Å². The molecule has 3 aliphatic rings. The van der Waals surface area contributed by atoms with Crippen LogP contribution in [0.2, 0.25) is 0 Å². The van der Waals surface area contributed by atoms with E-state index in [1.165, 1.54) is 40.1 Å². The van der Waals surface area contributed by atoms with Gasteiger partial charge in [0.05, 0.1) is 0 Å². The Morgan fingerprint density at radius 2 is 1.57 bits per heavy atom. The minimum Gasteiger partial charge on any atom is -0.384 e. The molecule has 0 saturated carbocycles. The third kappa shape index (κ3) is 4.88. The van der Waals surface area contributed by atoms with Gasteiger partial charge in [-0.3, -0.25) is 4.79 Å². The van der Waals surface area contributed by atoms with Crippen LogP contribution in [0.25, 0.3) is 0 Å². The first-order valence-electron chi connectivity index (χ1n) is 12.5. The average molecular weight is 464 g/mol.